The van der Waals surface area contributed by atoms with Crippen LogP contribution in [0.5, 0.6) is 0 Å². The molecule has 0 amide bonds. The van der Waals surface area contributed by atoms with Crippen molar-refractivity contribution in [1.82, 2.24) is 14.8 Å². The van der Waals surface area contributed by atoms with Gasteiger partial charge in [0.2, 0.25) is 0 Å². The number of H-pyrrole nitrogens is 1. The van der Waals surface area contributed by atoms with Crippen LogP contribution < -0.4 is 5.73 Å². The highest BCUT2D eigenvalue weighted by Gasteiger charge is 2.17. The van der Waals surface area contributed by atoms with Crippen LogP contribution in [0.15, 0.2) is 60.5 Å². The second kappa shape index (κ2) is 6.72. The highest BCUT2D eigenvalue weighted by molar-refractivity contribution is 7.71. The maximum absolute atomic E-state index is 10.2. The van der Waals surface area contributed by atoms with Gasteiger partial charge in [-0.1, -0.05) is 49.4 Å². The molecule has 4 N–H and O–H groups in total. The quantitative estimate of drug-likeness (QED) is 0.378. The Kier molecular flexibility index (Phi) is 4.48. The van der Waals surface area contributed by atoms with Crippen LogP contribution in [0, 0.1) is 4.77 Å². The van der Waals surface area contributed by atoms with Gasteiger partial charge in [0.05, 0.1) is 11.3 Å². The number of nitrogens with two attached hydrogens (primary N) is 1. The molecule has 0 unspecified atom stereocenters. The number of hydrogen-bond acceptors (Lipinski definition) is 4. The van der Waals surface area contributed by atoms with Crippen molar-refractivity contribution < 1.29 is 5.11 Å². The molecule has 0 aliphatic rings. The molecule has 122 valence electrons. The smallest absolute Gasteiger partial charge is 0.200 e. The standard InChI is InChI=1S/C18H18N4OS/c1-2-6-14(16(23)11-19)17-20-21-18(24)22(17)15-10-5-8-12-7-3-4-9-13(12)15/h3-11,23H,2,19H2,1H3,(H,21,24)/b14-6+,16-11+. The van der Waals surface area contributed by atoms with Gasteiger partial charge in [-0.05, 0) is 30.1 Å². The number of nitrogens with one attached hydrogen (secondary N) is 1. The first-order valence-electron chi connectivity index (χ1n) is 7.64. The summed E-state index contributed by atoms with van der Waals surface area (Å²) in [4.78, 5) is 0. The molecular formula is C18H18N4OS. The molecule has 0 aliphatic heterocycles. The van der Waals surface area contributed by atoms with Gasteiger partial charge < -0.3 is 10.8 Å². The van der Waals surface area contributed by atoms with E-state index in [1.165, 1.54) is 0 Å². The second-order valence-corrected chi connectivity index (χ2v) is 5.65. The molecule has 0 bridgehead atoms. The Morgan fingerprint density at radius 1 is 1.29 bits per heavy atom. The number of aromatic amines is 1. The Morgan fingerprint density at radius 3 is 2.79 bits per heavy atom. The van der Waals surface area contributed by atoms with Gasteiger partial charge in [-0.15, -0.1) is 0 Å². The van der Waals surface area contributed by atoms with Crippen molar-refractivity contribution in [2.24, 2.45) is 5.73 Å². The number of rotatable bonds is 4. The zero-order valence-electron chi connectivity index (χ0n) is 13.2. The summed E-state index contributed by atoms with van der Waals surface area (Å²) in [5, 5.41) is 19.4. The summed E-state index contributed by atoms with van der Waals surface area (Å²) in [5.41, 5.74) is 6.94. The minimum atomic E-state index is -0.0349. The normalized spacial score (nSPS) is 12.7. The van der Waals surface area contributed by atoms with Crippen molar-refractivity contribution in [3.63, 3.8) is 0 Å². The van der Waals surface area contributed by atoms with E-state index in [1.54, 1.807) is 0 Å². The lowest BCUT2D eigenvalue weighted by molar-refractivity contribution is 0.435. The topological polar surface area (TPSA) is 79.9 Å². The monoisotopic (exact) mass is 338 g/mol. The predicted molar refractivity (Wildman–Crippen MR) is 99.4 cm³/mol. The van der Waals surface area contributed by atoms with E-state index in [2.05, 4.69) is 10.2 Å². The fraction of sp³-hybridized carbons (Fsp3) is 0.111. The van der Waals surface area contributed by atoms with E-state index >= 15 is 0 Å². The summed E-state index contributed by atoms with van der Waals surface area (Å²) in [6, 6.07) is 14.0. The molecular weight excluding hydrogens is 320 g/mol. The Labute approximate surface area is 144 Å². The maximum Gasteiger partial charge on any atom is 0.200 e. The predicted octanol–water partition coefficient (Wildman–Crippen LogP) is 4.23. The Morgan fingerprint density at radius 2 is 2.04 bits per heavy atom. The van der Waals surface area contributed by atoms with Crippen LogP contribution in [-0.4, -0.2) is 19.9 Å². The molecule has 6 heteroatoms. The van der Waals surface area contributed by atoms with Gasteiger partial charge in [-0.25, -0.2) is 0 Å². The van der Waals surface area contributed by atoms with E-state index in [1.807, 2.05) is 60.0 Å². The largest absolute Gasteiger partial charge is 0.506 e. The van der Waals surface area contributed by atoms with Gasteiger partial charge in [-0.3, -0.25) is 9.67 Å². The highest BCUT2D eigenvalue weighted by atomic mass is 32.1. The SMILES string of the molecule is CC/C=C(\C(O)=C/N)c1n[nH]c(=S)n1-c1cccc2ccccc12. The third kappa shape index (κ3) is 2.72. The van der Waals surface area contributed by atoms with E-state index in [0.29, 0.717) is 16.2 Å². The lowest BCUT2D eigenvalue weighted by Gasteiger charge is -2.12. The van der Waals surface area contributed by atoms with Crippen LogP contribution in [0.25, 0.3) is 22.0 Å². The summed E-state index contributed by atoms with van der Waals surface area (Å²) in [5.74, 6) is 0.490. The Balaban J connectivity index is 2.32. The molecule has 24 heavy (non-hydrogen) atoms. The van der Waals surface area contributed by atoms with Crippen molar-refractivity contribution >= 4 is 28.6 Å². The van der Waals surface area contributed by atoms with Crippen LogP contribution >= 0.6 is 12.2 Å². The molecule has 0 spiro atoms. The lowest BCUT2D eigenvalue weighted by Crippen LogP contribution is -2.04. The van der Waals surface area contributed by atoms with E-state index < -0.39 is 0 Å². The number of nitrogens with zero attached hydrogens (tertiary/aromatic N) is 2. The summed E-state index contributed by atoms with van der Waals surface area (Å²) in [7, 11) is 0. The molecule has 1 heterocycles. The maximum atomic E-state index is 10.2. The molecule has 0 saturated carbocycles. The van der Waals surface area contributed by atoms with Gasteiger partial charge in [0.25, 0.3) is 0 Å². The number of allylic oxidation sites excluding steroid dienone is 2. The molecule has 1 aromatic heterocycles. The lowest BCUT2D eigenvalue weighted by atomic mass is 10.1. The molecule has 0 saturated heterocycles. The Bertz CT molecular complexity index is 992. The highest BCUT2D eigenvalue weighted by Crippen LogP contribution is 2.27. The van der Waals surface area contributed by atoms with E-state index in [4.69, 9.17) is 18.0 Å². The van der Waals surface area contributed by atoms with Gasteiger partial charge in [-0.2, -0.15) is 5.10 Å². The summed E-state index contributed by atoms with van der Waals surface area (Å²) in [6.45, 7) is 1.98. The van der Waals surface area contributed by atoms with E-state index in [0.717, 1.165) is 29.1 Å². The minimum absolute atomic E-state index is 0.0349. The molecule has 0 radical (unpaired) electrons. The first-order chi connectivity index (χ1) is 11.7. The average molecular weight is 338 g/mol. The third-order valence-corrected chi connectivity index (χ3v) is 4.04. The fourth-order valence-electron chi connectivity index (χ4n) is 2.71. The summed E-state index contributed by atoms with van der Waals surface area (Å²) < 4.78 is 2.27. The number of aliphatic hydroxyl groups is 1. The zero-order chi connectivity index (χ0) is 17.1. The second-order valence-electron chi connectivity index (χ2n) is 5.26. The average Bonchev–Trinajstić information content (AvgIpc) is 2.99. The van der Waals surface area contributed by atoms with Crippen LogP contribution in [0.4, 0.5) is 0 Å². The Hall–Kier alpha value is -2.86. The van der Waals surface area contributed by atoms with E-state index in [-0.39, 0.29) is 5.76 Å². The van der Waals surface area contributed by atoms with Crippen LogP contribution in [-0.2, 0) is 0 Å². The van der Waals surface area contributed by atoms with Gasteiger partial charge in [0.1, 0.15) is 5.76 Å². The van der Waals surface area contributed by atoms with Crippen molar-refractivity contribution in [3.8, 4) is 5.69 Å². The number of aliphatic hydroxyl groups excluding tert-OH is 1. The molecule has 5 nitrogen and oxygen atoms in total. The third-order valence-electron chi connectivity index (χ3n) is 3.76. The molecule has 3 rings (SSSR count). The van der Waals surface area contributed by atoms with Crippen molar-refractivity contribution in [1.29, 1.82) is 0 Å². The van der Waals surface area contributed by atoms with Crippen LogP contribution in [0.3, 0.4) is 0 Å². The number of aromatic nitrogens is 3. The first kappa shape index (κ1) is 16.0. The molecule has 0 aliphatic carbocycles. The molecule has 0 atom stereocenters. The van der Waals surface area contributed by atoms with Crippen LogP contribution in [0.2, 0.25) is 0 Å². The van der Waals surface area contributed by atoms with Crippen molar-refractivity contribution in [2.75, 3.05) is 0 Å². The zero-order valence-corrected chi connectivity index (χ0v) is 14.0. The van der Waals surface area contributed by atoms with Gasteiger partial charge >= 0.3 is 0 Å². The number of benzene rings is 2. The van der Waals surface area contributed by atoms with Crippen LogP contribution in [0.1, 0.15) is 19.2 Å². The van der Waals surface area contributed by atoms with Crippen molar-refractivity contribution in [3.05, 3.63) is 71.1 Å². The summed E-state index contributed by atoms with van der Waals surface area (Å²) >= 11 is 5.43. The molecule has 0 fully saturated rings. The van der Waals surface area contributed by atoms with E-state index in [9.17, 15) is 5.11 Å². The fourth-order valence-corrected chi connectivity index (χ4v) is 2.94. The number of fused-ring (bicyclic) bond motifs is 1. The minimum Gasteiger partial charge on any atom is -0.506 e. The molecule has 3 aromatic rings. The van der Waals surface area contributed by atoms with Gasteiger partial charge in [0.15, 0.2) is 10.6 Å². The molecule has 2 aromatic carbocycles. The van der Waals surface area contributed by atoms with Gasteiger partial charge in [0, 0.05) is 11.6 Å². The first-order valence-corrected chi connectivity index (χ1v) is 8.05. The van der Waals surface area contributed by atoms with Crippen molar-refractivity contribution in [2.45, 2.75) is 13.3 Å². The number of hydrogen-bond donors (Lipinski definition) is 3. The summed E-state index contributed by atoms with van der Waals surface area (Å²) in [6.07, 6.45) is 3.75.